The van der Waals surface area contributed by atoms with E-state index in [-0.39, 0.29) is 0 Å². The molecule has 0 aromatic heterocycles. The number of halogens is 1. The van der Waals surface area contributed by atoms with E-state index in [2.05, 4.69) is 63.7 Å². The Balaban J connectivity index is 2.00. The molecule has 110 valence electrons. The van der Waals surface area contributed by atoms with Crippen molar-refractivity contribution in [2.75, 3.05) is 20.2 Å². The van der Waals surface area contributed by atoms with Crippen molar-refractivity contribution < 1.29 is 4.74 Å². The summed E-state index contributed by atoms with van der Waals surface area (Å²) in [6, 6.07) is 17.1. The molecule has 3 rings (SSSR count). The fraction of sp³-hybridized carbons (Fsp3) is 0.333. The molecule has 1 heterocycles. The van der Waals surface area contributed by atoms with Gasteiger partial charge in [-0.15, -0.1) is 0 Å². The summed E-state index contributed by atoms with van der Waals surface area (Å²) >= 11 is 3.60. The van der Waals surface area contributed by atoms with Crippen LogP contribution >= 0.6 is 15.9 Å². The van der Waals surface area contributed by atoms with Crippen LogP contribution in [0.2, 0.25) is 0 Å². The van der Waals surface area contributed by atoms with E-state index in [4.69, 9.17) is 4.74 Å². The molecule has 0 radical (unpaired) electrons. The van der Waals surface area contributed by atoms with Gasteiger partial charge in [0.15, 0.2) is 0 Å². The second kappa shape index (κ2) is 6.63. The molecule has 1 saturated heterocycles. The van der Waals surface area contributed by atoms with Gasteiger partial charge in [0.05, 0.1) is 7.11 Å². The van der Waals surface area contributed by atoms with Gasteiger partial charge in [0.25, 0.3) is 0 Å². The van der Waals surface area contributed by atoms with Crippen molar-refractivity contribution >= 4 is 15.9 Å². The molecule has 21 heavy (non-hydrogen) atoms. The molecule has 2 aromatic rings. The van der Waals surface area contributed by atoms with Crippen LogP contribution < -0.4 is 10.1 Å². The number of hydrogen-bond donors (Lipinski definition) is 1. The van der Waals surface area contributed by atoms with E-state index < -0.39 is 0 Å². The van der Waals surface area contributed by atoms with E-state index in [0.29, 0.717) is 11.8 Å². The summed E-state index contributed by atoms with van der Waals surface area (Å²) in [4.78, 5) is 0. The van der Waals surface area contributed by atoms with Gasteiger partial charge in [0.1, 0.15) is 5.75 Å². The van der Waals surface area contributed by atoms with Crippen molar-refractivity contribution in [2.45, 2.75) is 18.3 Å². The normalized spacial score (nSPS) is 22.0. The van der Waals surface area contributed by atoms with Crippen molar-refractivity contribution in [3.05, 3.63) is 64.1 Å². The molecular weight excluding hydrogens is 326 g/mol. The number of rotatable bonds is 3. The van der Waals surface area contributed by atoms with E-state index in [9.17, 15) is 0 Å². The highest BCUT2D eigenvalue weighted by Crippen LogP contribution is 2.41. The molecule has 2 atom stereocenters. The Morgan fingerprint density at radius 1 is 1.10 bits per heavy atom. The number of benzene rings is 2. The second-order valence-electron chi connectivity index (χ2n) is 5.50. The van der Waals surface area contributed by atoms with E-state index in [1.54, 1.807) is 7.11 Å². The predicted molar refractivity (Wildman–Crippen MR) is 90.1 cm³/mol. The highest BCUT2D eigenvalue weighted by Gasteiger charge is 2.29. The zero-order valence-electron chi connectivity index (χ0n) is 12.2. The lowest BCUT2D eigenvalue weighted by Crippen LogP contribution is -2.34. The minimum Gasteiger partial charge on any atom is -0.496 e. The SMILES string of the molecule is COc1ccc(Br)cc1C1CCNCC1c1ccccc1. The van der Waals surface area contributed by atoms with E-state index in [0.717, 1.165) is 29.7 Å². The van der Waals surface area contributed by atoms with Gasteiger partial charge in [-0.1, -0.05) is 46.3 Å². The number of piperidine rings is 1. The summed E-state index contributed by atoms with van der Waals surface area (Å²) < 4.78 is 6.71. The first-order valence-electron chi connectivity index (χ1n) is 7.38. The van der Waals surface area contributed by atoms with Crippen molar-refractivity contribution in [3.8, 4) is 5.75 Å². The Morgan fingerprint density at radius 3 is 2.67 bits per heavy atom. The average Bonchev–Trinajstić information content (AvgIpc) is 2.55. The lowest BCUT2D eigenvalue weighted by atomic mass is 9.77. The quantitative estimate of drug-likeness (QED) is 0.894. The monoisotopic (exact) mass is 345 g/mol. The minimum absolute atomic E-state index is 0.487. The van der Waals surface area contributed by atoms with Crippen LogP contribution in [0.4, 0.5) is 0 Å². The Bertz CT molecular complexity index is 599. The van der Waals surface area contributed by atoms with Crippen molar-refractivity contribution in [1.29, 1.82) is 0 Å². The molecular formula is C18H20BrNO. The van der Waals surface area contributed by atoms with Crippen LogP contribution in [0.3, 0.4) is 0 Å². The van der Waals surface area contributed by atoms with E-state index >= 15 is 0 Å². The van der Waals surface area contributed by atoms with Gasteiger partial charge in [0, 0.05) is 16.9 Å². The van der Waals surface area contributed by atoms with Gasteiger partial charge >= 0.3 is 0 Å². The minimum atomic E-state index is 0.487. The van der Waals surface area contributed by atoms with Gasteiger partial charge in [-0.25, -0.2) is 0 Å². The van der Waals surface area contributed by atoms with Crippen LogP contribution in [0.1, 0.15) is 29.4 Å². The summed E-state index contributed by atoms with van der Waals surface area (Å²) in [6.07, 6.45) is 1.13. The van der Waals surface area contributed by atoms with Crippen molar-refractivity contribution in [2.24, 2.45) is 0 Å². The summed E-state index contributed by atoms with van der Waals surface area (Å²) in [7, 11) is 1.76. The highest BCUT2D eigenvalue weighted by molar-refractivity contribution is 9.10. The number of nitrogens with one attached hydrogen (secondary N) is 1. The fourth-order valence-electron chi connectivity index (χ4n) is 3.28. The molecule has 0 bridgehead atoms. The van der Waals surface area contributed by atoms with Crippen LogP contribution in [-0.4, -0.2) is 20.2 Å². The van der Waals surface area contributed by atoms with Crippen LogP contribution in [0.25, 0.3) is 0 Å². The third-order valence-electron chi connectivity index (χ3n) is 4.30. The lowest BCUT2D eigenvalue weighted by Gasteiger charge is -2.33. The smallest absolute Gasteiger partial charge is 0.122 e. The van der Waals surface area contributed by atoms with E-state index in [1.807, 2.05) is 6.07 Å². The number of hydrogen-bond acceptors (Lipinski definition) is 2. The molecule has 0 amide bonds. The maximum absolute atomic E-state index is 5.60. The van der Waals surface area contributed by atoms with Crippen LogP contribution in [0.15, 0.2) is 53.0 Å². The van der Waals surface area contributed by atoms with Gasteiger partial charge in [-0.2, -0.15) is 0 Å². The van der Waals surface area contributed by atoms with Crippen LogP contribution in [0, 0.1) is 0 Å². The Hall–Kier alpha value is -1.32. The fourth-order valence-corrected chi connectivity index (χ4v) is 3.65. The summed E-state index contributed by atoms with van der Waals surface area (Å²) in [5.41, 5.74) is 2.71. The van der Waals surface area contributed by atoms with Crippen molar-refractivity contribution in [1.82, 2.24) is 5.32 Å². The second-order valence-corrected chi connectivity index (χ2v) is 6.42. The summed E-state index contributed by atoms with van der Waals surface area (Å²) in [5.74, 6) is 1.97. The Morgan fingerprint density at radius 2 is 1.90 bits per heavy atom. The lowest BCUT2D eigenvalue weighted by molar-refractivity contribution is 0.371. The maximum Gasteiger partial charge on any atom is 0.122 e. The summed E-state index contributed by atoms with van der Waals surface area (Å²) in [5, 5.41) is 3.53. The van der Waals surface area contributed by atoms with E-state index in [1.165, 1.54) is 11.1 Å². The molecule has 1 aliphatic rings. The topological polar surface area (TPSA) is 21.3 Å². The van der Waals surface area contributed by atoms with Gasteiger partial charge in [-0.05, 0) is 48.2 Å². The molecule has 2 unspecified atom stereocenters. The zero-order valence-corrected chi connectivity index (χ0v) is 13.8. The summed E-state index contributed by atoms with van der Waals surface area (Å²) in [6.45, 7) is 2.08. The molecule has 1 aliphatic heterocycles. The van der Waals surface area contributed by atoms with Crippen LogP contribution in [0.5, 0.6) is 5.75 Å². The maximum atomic E-state index is 5.60. The van der Waals surface area contributed by atoms with Gasteiger partial charge < -0.3 is 10.1 Å². The third-order valence-corrected chi connectivity index (χ3v) is 4.79. The predicted octanol–water partition coefficient (Wildman–Crippen LogP) is 4.32. The zero-order chi connectivity index (χ0) is 14.7. The molecule has 2 nitrogen and oxygen atoms in total. The largest absolute Gasteiger partial charge is 0.496 e. The Kier molecular flexibility index (Phi) is 4.61. The molecule has 0 spiro atoms. The van der Waals surface area contributed by atoms with Gasteiger partial charge in [0.2, 0.25) is 0 Å². The molecule has 2 aromatic carbocycles. The van der Waals surface area contributed by atoms with Gasteiger partial charge in [-0.3, -0.25) is 0 Å². The third kappa shape index (κ3) is 3.14. The first-order valence-corrected chi connectivity index (χ1v) is 8.18. The highest BCUT2D eigenvalue weighted by atomic mass is 79.9. The Labute approximate surface area is 134 Å². The first-order chi connectivity index (χ1) is 10.3. The molecule has 1 fully saturated rings. The molecule has 1 N–H and O–H groups in total. The molecule has 0 saturated carbocycles. The average molecular weight is 346 g/mol. The van der Waals surface area contributed by atoms with Crippen molar-refractivity contribution in [3.63, 3.8) is 0 Å². The number of ether oxygens (including phenoxy) is 1. The standard InChI is InChI=1S/C18H20BrNO/c1-21-18-8-7-14(19)11-16(18)15-9-10-20-12-17(15)13-5-3-2-4-6-13/h2-8,11,15,17,20H,9-10,12H2,1H3. The molecule has 0 aliphatic carbocycles. The molecule has 3 heteroatoms. The van der Waals surface area contributed by atoms with Crippen LogP contribution in [-0.2, 0) is 0 Å². The number of methoxy groups -OCH3 is 1. The first kappa shape index (κ1) is 14.6.